The van der Waals surface area contributed by atoms with Crippen LogP contribution in [0.1, 0.15) is 56.6 Å². The van der Waals surface area contributed by atoms with Gasteiger partial charge in [-0.25, -0.2) is 0 Å². The van der Waals surface area contributed by atoms with Crippen LogP contribution in [-0.4, -0.2) is 40.0 Å². The molecular weight excluding hydrogens is 524 g/mol. The van der Waals surface area contributed by atoms with Gasteiger partial charge in [-0.2, -0.15) is 0 Å². The molecule has 0 radical (unpaired) electrons. The summed E-state index contributed by atoms with van der Waals surface area (Å²) in [5, 5.41) is 0. The first-order valence-corrected chi connectivity index (χ1v) is 15.7. The number of carbonyl (C=O) groups is 4. The summed E-state index contributed by atoms with van der Waals surface area (Å²) in [7, 11) is 0. The standard InChI is InChI=1S/C36H40N2O4/c1-4-5-13-36-14-11-25(19-36)29-31(36)35(42)37(33(29)40)15-12-22-7-6-8-23(16-22)20-38-32(39)28-26-17-24(10-9-21(2)3)27(18-26)30(28)34(38)41/h4,6-8,11,14,16-17,25-31H,1-2,5,9-10,12-13,15,18-20H2,3H3. The molecule has 4 fully saturated rings. The molecule has 4 aliphatic carbocycles. The van der Waals surface area contributed by atoms with E-state index in [1.54, 1.807) is 0 Å². The topological polar surface area (TPSA) is 74.8 Å². The highest BCUT2D eigenvalue weighted by Gasteiger charge is 2.65. The van der Waals surface area contributed by atoms with E-state index in [1.807, 2.05) is 37.3 Å². The van der Waals surface area contributed by atoms with Crippen molar-refractivity contribution in [3.05, 3.63) is 84.0 Å². The fourth-order valence-corrected chi connectivity index (χ4v) is 9.36. The number of likely N-dealkylation sites (tertiary alicyclic amines) is 2. The van der Waals surface area contributed by atoms with E-state index >= 15 is 0 Å². The van der Waals surface area contributed by atoms with Crippen molar-refractivity contribution in [1.82, 2.24) is 9.80 Å². The van der Waals surface area contributed by atoms with Gasteiger partial charge in [0.2, 0.25) is 23.6 Å². The highest BCUT2D eigenvalue weighted by Crippen LogP contribution is 2.62. The third kappa shape index (κ3) is 4.05. The molecule has 8 atom stereocenters. The molecule has 0 N–H and O–H groups in total. The molecule has 4 bridgehead atoms. The molecular formula is C36H40N2O4. The molecule has 42 heavy (non-hydrogen) atoms. The Morgan fingerprint density at radius 3 is 2.52 bits per heavy atom. The van der Waals surface area contributed by atoms with Gasteiger partial charge in [0.1, 0.15) is 0 Å². The lowest BCUT2D eigenvalue weighted by Gasteiger charge is -2.30. The molecule has 6 heteroatoms. The zero-order valence-electron chi connectivity index (χ0n) is 24.5. The maximum Gasteiger partial charge on any atom is 0.234 e. The summed E-state index contributed by atoms with van der Waals surface area (Å²) in [6, 6.07) is 7.90. The molecule has 8 unspecified atom stereocenters. The third-order valence-electron chi connectivity index (χ3n) is 11.2. The van der Waals surface area contributed by atoms with Gasteiger partial charge in [0.25, 0.3) is 0 Å². The van der Waals surface area contributed by atoms with Crippen molar-refractivity contribution in [2.45, 2.75) is 58.4 Å². The van der Waals surface area contributed by atoms with Crippen LogP contribution in [0.5, 0.6) is 0 Å². The minimum Gasteiger partial charge on any atom is -0.282 e. The summed E-state index contributed by atoms with van der Waals surface area (Å²) in [6.07, 6.45) is 14.4. The molecule has 218 valence electrons. The minimum atomic E-state index is -0.246. The molecule has 7 rings (SSSR count). The molecule has 4 amide bonds. The Labute approximate surface area is 248 Å². The number of hydrogen-bond acceptors (Lipinski definition) is 4. The Kier molecular flexibility index (Phi) is 6.52. The number of imide groups is 2. The van der Waals surface area contributed by atoms with Crippen molar-refractivity contribution < 1.29 is 19.2 Å². The predicted octanol–water partition coefficient (Wildman–Crippen LogP) is 5.41. The number of rotatable bonds is 11. The van der Waals surface area contributed by atoms with Crippen LogP contribution >= 0.6 is 0 Å². The van der Waals surface area contributed by atoms with Crippen molar-refractivity contribution in [2.75, 3.05) is 6.54 Å². The first-order chi connectivity index (χ1) is 20.2. The first-order valence-electron chi connectivity index (χ1n) is 15.7. The number of nitrogens with zero attached hydrogens (tertiary/aromatic N) is 2. The van der Waals surface area contributed by atoms with Gasteiger partial charge in [-0.1, -0.05) is 59.7 Å². The van der Waals surface area contributed by atoms with Gasteiger partial charge in [-0.05, 0) is 80.8 Å². The van der Waals surface area contributed by atoms with Gasteiger partial charge in [0.05, 0.1) is 30.2 Å². The number of benzene rings is 1. The summed E-state index contributed by atoms with van der Waals surface area (Å²) in [6.45, 7) is 10.5. The van der Waals surface area contributed by atoms with Gasteiger partial charge in [-0.3, -0.25) is 29.0 Å². The van der Waals surface area contributed by atoms with Gasteiger partial charge in [-0.15, -0.1) is 13.2 Å². The molecule has 6 nitrogen and oxygen atoms in total. The second-order valence-corrected chi connectivity index (χ2v) is 13.7. The fraction of sp³-hybridized carbons (Fsp3) is 0.500. The quantitative estimate of drug-likeness (QED) is 0.266. The highest BCUT2D eigenvalue weighted by molar-refractivity contribution is 6.07. The largest absolute Gasteiger partial charge is 0.282 e. The predicted molar refractivity (Wildman–Crippen MR) is 159 cm³/mol. The van der Waals surface area contributed by atoms with Gasteiger partial charge in [0.15, 0.2) is 0 Å². The Balaban J connectivity index is 1.00. The molecule has 1 aromatic carbocycles. The second-order valence-electron chi connectivity index (χ2n) is 13.7. The molecule has 0 aromatic heterocycles. The van der Waals surface area contributed by atoms with Crippen LogP contribution in [0.3, 0.4) is 0 Å². The van der Waals surface area contributed by atoms with Crippen molar-refractivity contribution in [1.29, 1.82) is 0 Å². The molecule has 2 aliphatic heterocycles. The van der Waals surface area contributed by atoms with Crippen molar-refractivity contribution in [2.24, 2.45) is 46.8 Å². The average molecular weight is 565 g/mol. The van der Waals surface area contributed by atoms with Gasteiger partial charge >= 0.3 is 0 Å². The maximum atomic E-state index is 13.6. The highest BCUT2D eigenvalue weighted by atomic mass is 16.2. The van der Waals surface area contributed by atoms with E-state index < -0.39 is 0 Å². The average Bonchev–Trinajstić information content (AvgIpc) is 3.80. The van der Waals surface area contributed by atoms with Crippen LogP contribution in [0.25, 0.3) is 0 Å². The van der Waals surface area contributed by atoms with Crippen molar-refractivity contribution >= 4 is 23.6 Å². The molecule has 0 spiro atoms. The molecule has 2 saturated carbocycles. The Morgan fingerprint density at radius 2 is 1.74 bits per heavy atom. The van der Waals surface area contributed by atoms with Crippen LogP contribution < -0.4 is 0 Å². The fourth-order valence-electron chi connectivity index (χ4n) is 9.36. The summed E-state index contributed by atoms with van der Waals surface area (Å²) in [5.41, 5.74) is 4.16. The maximum absolute atomic E-state index is 13.6. The van der Waals surface area contributed by atoms with Crippen molar-refractivity contribution in [3.63, 3.8) is 0 Å². The van der Waals surface area contributed by atoms with Crippen LogP contribution in [0.2, 0.25) is 0 Å². The zero-order valence-corrected chi connectivity index (χ0v) is 24.5. The smallest absolute Gasteiger partial charge is 0.234 e. The van der Waals surface area contributed by atoms with Crippen molar-refractivity contribution in [3.8, 4) is 0 Å². The second kappa shape index (κ2) is 10.0. The first kappa shape index (κ1) is 27.3. The lowest BCUT2D eigenvalue weighted by molar-refractivity contribution is -0.143. The van der Waals surface area contributed by atoms with E-state index in [9.17, 15) is 19.2 Å². The summed E-state index contributed by atoms with van der Waals surface area (Å²) in [5.74, 6) is -0.513. The van der Waals surface area contributed by atoms with Gasteiger partial charge < -0.3 is 0 Å². The van der Waals surface area contributed by atoms with Crippen LogP contribution in [0, 0.1) is 46.8 Å². The number of fused-ring (bicyclic) bond motifs is 10. The van der Waals surface area contributed by atoms with Crippen LogP contribution in [0.15, 0.2) is 72.9 Å². The Bertz CT molecular complexity index is 1470. The lowest BCUT2D eigenvalue weighted by atomic mass is 9.72. The SMILES string of the molecule is C=CCCC12C=CC(C1)C1C(=O)N(CCc3cccc(CN4C(=O)C5C6C=C(CCC(=C)C)C(C6)C5C4=O)c3)C(=O)C12. The van der Waals surface area contributed by atoms with Gasteiger partial charge in [0, 0.05) is 12.0 Å². The summed E-state index contributed by atoms with van der Waals surface area (Å²) in [4.78, 5) is 56.9. The van der Waals surface area contributed by atoms with E-state index in [0.29, 0.717) is 13.0 Å². The molecule has 6 aliphatic rings. The molecule has 2 heterocycles. The Hall–Kier alpha value is -3.54. The number of allylic oxidation sites excluding steroid dienone is 6. The van der Waals surface area contributed by atoms with Crippen LogP contribution in [-0.2, 0) is 32.1 Å². The molecule has 2 saturated heterocycles. The number of carbonyl (C=O) groups excluding carboxylic acids is 4. The lowest BCUT2D eigenvalue weighted by Crippen LogP contribution is -2.37. The van der Waals surface area contributed by atoms with Crippen LogP contribution in [0.4, 0.5) is 0 Å². The van der Waals surface area contributed by atoms with E-state index in [2.05, 4.69) is 31.4 Å². The monoisotopic (exact) mass is 564 g/mol. The van der Waals surface area contributed by atoms with E-state index in [4.69, 9.17) is 0 Å². The summed E-state index contributed by atoms with van der Waals surface area (Å²) >= 11 is 0. The van der Waals surface area contributed by atoms with E-state index in [-0.39, 0.29) is 77.0 Å². The van der Waals surface area contributed by atoms with E-state index in [1.165, 1.54) is 15.4 Å². The number of hydrogen-bond donors (Lipinski definition) is 0. The third-order valence-corrected chi connectivity index (χ3v) is 11.2. The zero-order chi connectivity index (χ0) is 29.3. The summed E-state index contributed by atoms with van der Waals surface area (Å²) < 4.78 is 0. The minimum absolute atomic E-state index is 0.0253. The molecule has 1 aromatic rings. The Morgan fingerprint density at radius 1 is 0.976 bits per heavy atom. The number of amides is 4. The van der Waals surface area contributed by atoms with E-state index in [0.717, 1.165) is 55.2 Å². The normalized spacial score (nSPS) is 35.5.